The van der Waals surface area contributed by atoms with Gasteiger partial charge in [-0.15, -0.1) is 0 Å². The number of anilines is 6. The molecule has 9 heterocycles. The Hall–Kier alpha value is -11.1. The Balaban J connectivity index is 0.000000189. The fourth-order valence-corrected chi connectivity index (χ4v) is 14.4. The van der Waals surface area contributed by atoms with Gasteiger partial charge >= 0.3 is 53.7 Å². The number of carbonyl (C=O) groups excluding carboxylic acids is 6. The smallest absolute Gasteiger partial charge is 0.793 e. The maximum atomic E-state index is 12.5. The minimum absolute atomic E-state index is 0. The van der Waals surface area contributed by atoms with E-state index in [9.17, 15) is 28.8 Å². The van der Waals surface area contributed by atoms with Crippen molar-refractivity contribution in [3.8, 4) is 33.4 Å². The second kappa shape index (κ2) is 43.1. The number of carbonyl (C=O) groups is 6. The van der Waals surface area contributed by atoms with Crippen molar-refractivity contribution in [2.45, 2.75) is 146 Å². The molecule has 3 radical (unpaired) electrons. The number of piperazine rings is 2. The van der Waals surface area contributed by atoms with Gasteiger partial charge in [0.15, 0.2) is 0 Å². The molecule has 633 valence electrons. The molecule has 3 saturated heterocycles. The molecule has 122 heavy (non-hydrogen) atoms. The van der Waals surface area contributed by atoms with Crippen molar-refractivity contribution in [1.29, 1.82) is 0 Å². The van der Waals surface area contributed by atoms with Crippen LogP contribution in [0.15, 0.2) is 147 Å². The van der Waals surface area contributed by atoms with E-state index in [1.165, 1.54) is 40.0 Å². The molecule has 3 aliphatic rings. The summed E-state index contributed by atoms with van der Waals surface area (Å²) < 4.78 is 14.7. The number of aromatic nitrogens is 9. The van der Waals surface area contributed by atoms with Gasteiger partial charge in [-0.05, 0) is 190 Å². The zero-order valence-electron chi connectivity index (χ0n) is 71.7. The molecule has 6 aromatic heterocycles. The molecule has 33 heteroatoms. The number of hydrogen-bond acceptors (Lipinski definition) is 26. The number of pyridine rings is 3. The van der Waals surface area contributed by atoms with Gasteiger partial charge in [0.2, 0.25) is 5.97 Å². The molecule has 0 saturated carbocycles. The average Bonchev–Trinajstić information content (AvgIpc) is 0.771. The van der Waals surface area contributed by atoms with Crippen molar-refractivity contribution in [3.63, 3.8) is 0 Å². The number of benzene rings is 6. The molecule has 0 atom stereocenters. The summed E-state index contributed by atoms with van der Waals surface area (Å²) in [4.78, 5) is 122. The summed E-state index contributed by atoms with van der Waals surface area (Å²) in [5.41, 5.74) is 13.1. The van der Waals surface area contributed by atoms with E-state index in [-0.39, 0.29) is 47.5 Å². The molecular weight excluding hydrogens is 1620 g/mol. The average molecular weight is 1730 g/mol. The Bertz CT molecular complexity index is 5730. The number of amides is 2. The third-order valence-corrected chi connectivity index (χ3v) is 19.7. The Morgan fingerprint density at radius 3 is 1.02 bits per heavy atom. The van der Waals surface area contributed by atoms with Crippen molar-refractivity contribution in [2.75, 3.05) is 96.5 Å². The van der Waals surface area contributed by atoms with E-state index in [1.54, 1.807) is 35.0 Å². The van der Waals surface area contributed by atoms with Gasteiger partial charge in [0.1, 0.15) is 70.9 Å². The van der Waals surface area contributed by atoms with Crippen LogP contribution in [0.1, 0.15) is 123 Å². The number of hydrogen-bond donors (Lipinski definition) is 3. The standard InChI is InChI=1S/C29H33ClN6O2.C26H27ClN6O2.C25H26ClN5.C4H6O4.C3H6O.C2H3BO2.Na/c1-18(2)34-26-13-19-7-6-8-20(23(19)16-31-26)21-15-25-22(14-24(21)30)27(33-17-32-25)35-9-11-36(12-10-35)28(37)38-29(3,4)5;1-26(2,3)35-25(34)33-9-7-32(8-10-33)24-19-12-21(27)18(13-22(19)30-15-31-24)17-6-4-5-16-11-23(28)29-14-20(16)17;1-16(2)30-24-11-17-7-6-8-18(21(17)14-27-24)19-13-23-20(12-22(19)26)25(29-15-28-23)31-9-4-3-5-10-31;1-3(5)7-8-4(2)6;1-3(2)4;1-2(4)5-3;/h6-8,13-18H,9-12H2,1-5H3,(H,31,34);4-6,11-15H,7-10H2,1-3H3,(H2,28,29);6-8,11-16H,3-5,9-10H2,1-2H3,(H,27,30);1-2H3;1-2H3;1H3;/q;;;;;-1;+1. The van der Waals surface area contributed by atoms with Gasteiger partial charge in [-0.1, -0.05) is 89.4 Å². The monoisotopic (exact) mass is 1720 g/mol. The van der Waals surface area contributed by atoms with Crippen LogP contribution in [0.4, 0.5) is 44.5 Å². The number of rotatable bonds is 10. The summed E-state index contributed by atoms with van der Waals surface area (Å²) in [6.45, 7) is 33.1. The van der Waals surface area contributed by atoms with Gasteiger partial charge in [0.05, 0.1) is 16.6 Å². The number of Topliss-reactive ketones (excluding diaryl/α,β-unsaturated/α-hetero) is 1. The molecule has 15 rings (SSSR count). The largest absolute Gasteiger partial charge is 1.00 e. The first-order chi connectivity index (χ1) is 57.5. The second-order valence-corrected chi connectivity index (χ2v) is 32.9. The van der Waals surface area contributed by atoms with Gasteiger partial charge in [-0.25, -0.2) is 73.8 Å². The van der Waals surface area contributed by atoms with Crippen molar-refractivity contribution < 1.29 is 82.2 Å². The van der Waals surface area contributed by atoms with Crippen LogP contribution in [0.2, 0.25) is 15.1 Å². The summed E-state index contributed by atoms with van der Waals surface area (Å²) in [6.07, 6.45) is 13.5. The zero-order chi connectivity index (χ0) is 87.6. The van der Waals surface area contributed by atoms with E-state index in [4.69, 9.17) is 50.0 Å². The Kier molecular flexibility index (Phi) is 33.5. The molecule has 3 fully saturated rings. The van der Waals surface area contributed by atoms with Crippen LogP contribution in [0.25, 0.3) is 98.4 Å². The quantitative estimate of drug-likeness (QED) is 0.0650. The summed E-state index contributed by atoms with van der Waals surface area (Å²) in [5, 5.41) is 17.7. The van der Waals surface area contributed by atoms with Crippen LogP contribution in [-0.4, -0.2) is 187 Å². The molecule has 0 unspecified atom stereocenters. The first-order valence-electron chi connectivity index (χ1n) is 39.7. The van der Waals surface area contributed by atoms with Crippen molar-refractivity contribution in [3.05, 3.63) is 162 Å². The topological polar surface area (TPSA) is 331 Å². The van der Waals surface area contributed by atoms with Gasteiger partial charge in [0.25, 0.3) is 0 Å². The third-order valence-electron chi connectivity index (χ3n) is 18.7. The molecule has 4 N–H and O–H groups in total. The van der Waals surface area contributed by atoms with E-state index in [2.05, 4.69) is 169 Å². The molecule has 6 aromatic carbocycles. The Morgan fingerprint density at radius 2 is 0.721 bits per heavy atom. The minimum atomic E-state index is -0.639. The van der Waals surface area contributed by atoms with Crippen LogP contribution in [0.3, 0.4) is 0 Å². The Labute approximate surface area is 748 Å². The van der Waals surface area contributed by atoms with Gasteiger partial charge in [0, 0.05) is 181 Å². The predicted octanol–water partition coefficient (Wildman–Crippen LogP) is 15.1. The summed E-state index contributed by atoms with van der Waals surface area (Å²) in [5.74, 6) is 3.23. The predicted molar refractivity (Wildman–Crippen MR) is 481 cm³/mol. The van der Waals surface area contributed by atoms with E-state index in [0.717, 1.165) is 154 Å². The van der Waals surface area contributed by atoms with Crippen molar-refractivity contribution in [1.82, 2.24) is 54.7 Å². The van der Waals surface area contributed by atoms with E-state index >= 15 is 0 Å². The summed E-state index contributed by atoms with van der Waals surface area (Å²) in [6, 6.07) is 37.1. The first kappa shape index (κ1) is 94.8. The molecule has 0 spiro atoms. The van der Waals surface area contributed by atoms with Crippen LogP contribution >= 0.6 is 34.8 Å². The number of ether oxygens (including phenoxy) is 2. The van der Waals surface area contributed by atoms with Gasteiger partial charge in [-0.2, -0.15) is 0 Å². The van der Waals surface area contributed by atoms with E-state index in [1.807, 2.05) is 115 Å². The molecule has 28 nitrogen and oxygen atoms in total. The number of ketones is 1. The molecule has 3 aliphatic heterocycles. The fraction of sp³-hybridized carbons (Fsp3) is 0.360. The maximum Gasteiger partial charge on any atom is 1.00 e. The molecule has 0 aliphatic carbocycles. The SMILES string of the molecule is CC(=O)OOC(C)=O.CC(C)(C)OC(=O)N1CCN(c2ncnc3cc(-c4cccc5cc(N)ncc45)c(Cl)cc23)CC1.CC(C)=O.CC(C)Nc1cc2cccc(-c3cc4ncnc(N5CCCCC5)c4cc3Cl)c2cn1.CC(C)Nc1cc2cccc(-c3cc4ncnc(N5CCN(C(=O)OC(C)(C)C)CC5)c4cc3Cl)c2cn1.[B-]OC(C)=O.[Na+]. The molecule has 12 aromatic rings. The van der Waals surface area contributed by atoms with Gasteiger partial charge < -0.3 is 67.8 Å². The number of nitrogen functional groups attached to an aromatic ring is 1. The number of nitrogens with two attached hydrogens (primary N) is 1. The van der Waals surface area contributed by atoms with E-state index in [0.29, 0.717) is 85.3 Å². The first-order valence-corrected chi connectivity index (χ1v) is 40.8. The number of nitrogens with one attached hydrogen (secondary N) is 2. The maximum absolute atomic E-state index is 12.5. The van der Waals surface area contributed by atoms with Crippen LogP contribution in [-0.2, 0) is 43.1 Å². The molecule has 0 bridgehead atoms. The van der Waals surface area contributed by atoms with E-state index < -0.39 is 29.1 Å². The summed E-state index contributed by atoms with van der Waals surface area (Å²) >= 11 is 20.6. The number of nitrogens with zero attached hydrogens (tertiary/aromatic N) is 14. The van der Waals surface area contributed by atoms with Crippen LogP contribution in [0.5, 0.6) is 0 Å². The second-order valence-electron chi connectivity index (χ2n) is 31.7. The third kappa shape index (κ3) is 26.0. The number of halogens is 3. The molecular formula is C89H101BCl3N17NaO11. The fourth-order valence-electron chi connectivity index (χ4n) is 13.6. The zero-order valence-corrected chi connectivity index (χ0v) is 76.0. The van der Waals surface area contributed by atoms with Crippen LogP contribution in [0, 0.1) is 0 Å². The number of fused-ring (bicyclic) bond motifs is 6. The normalized spacial score (nSPS) is 13.3. The number of piperidine rings is 1. The summed E-state index contributed by atoms with van der Waals surface area (Å²) in [7, 11) is 4.32. The molecule has 2 amide bonds. The Morgan fingerprint density at radius 1 is 0.410 bits per heavy atom. The van der Waals surface area contributed by atoms with Crippen molar-refractivity contribution >= 4 is 179 Å². The van der Waals surface area contributed by atoms with Gasteiger partial charge in [-0.3, -0.25) is 4.79 Å². The minimum Gasteiger partial charge on any atom is -0.793 e. The van der Waals surface area contributed by atoms with Crippen molar-refractivity contribution in [2.24, 2.45) is 0 Å². The van der Waals surface area contributed by atoms with Crippen LogP contribution < -0.4 is 60.6 Å².